The Hall–Kier alpha value is -2.83. The maximum Gasteiger partial charge on any atom is 0.290 e. The van der Waals surface area contributed by atoms with Gasteiger partial charge in [0.2, 0.25) is 5.76 Å². The number of ether oxygens (including phenoxy) is 2. The highest BCUT2D eigenvalue weighted by molar-refractivity contribution is 6.32. The molecule has 3 aromatic rings. The van der Waals surface area contributed by atoms with Gasteiger partial charge in [-0.1, -0.05) is 23.7 Å². The van der Waals surface area contributed by atoms with Crippen LogP contribution in [-0.2, 0) is 4.74 Å². The van der Waals surface area contributed by atoms with Gasteiger partial charge >= 0.3 is 0 Å². The number of hydrogen-bond donors (Lipinski definition) is 0. The molecule has 0 radical (unpaired) electrons. The minimum Gasteiger partial charge on any atom is -0.494 e. The first-order valence-electron chi connectivity index (χ1n) is 9.75. The lowest BCUT2D eigenvalue weighted by molar-refractivity contribution is 0.0663. The maximum atomic E-state index is 13.4. The molecule has 1 aliphatic rings. The number of methoxy groups -OCH3 is 1. The van der Waals surface area contributed by atoms with Crippen LogP contribution in [-0.4, -0.2) is 37.7 Å². The van der Waals surface area contributed by atoms with Crippen molar-refractivity contribution in [1.82, 2.24) is 4.90 Å². The first-order chi connectivity index (χ1) is 14.5. The van der Waals surface area contributed by atoms with Crippen molar-refractivity contribution in [2.24, 2.45) is 0 Å². The predicted molar refractivity (Wildman–Crippen MR) is 115 cm³/mol. The quantitative estimate of drug-likeness (QED) is 0.585. The van der Waals surface area contributed by atoms with E-state index in [4.69, 9.17) is 25.5 Å². The Morgan fingerprint density at radius 3 is 2.57 bits per heavy atom. The third kappa shape index (κ3) is 3.36. The topological polar surface area (TPSA) is 69.0 Å². The lowest BCUT2D eigenvalue weighted by Crippen LogP contribution is -2.32. The van der Waals surface area contributed by atoms with Crippen LogP contribution in [0.15, 0.2) is 45.6 Å². The molecule has 4 rings (SSSR count). The largest absolute Gasteiger partial charge is 0.494 e. The third-order valence-electron chi connectivity index (χ3n) is 5.29. The highest BCUT2D eigenvalue weighted by Gasteiger charge is 2.42. The Kier molecular flexibility index (Phi) is 5.54. The summed E-state index contributed by atoms with van der Waals surface area (Å²) in [5.74, 6) is 0.471. The van der Waals surface area contributed by atoms with Crippen LogP contribution in [0.25, 0.3) is 11.0 Å². The van der Waals surface area contributed by atoms with Gasteiger partial charge in [0.1, 0.15) is 11.3 Å². The van der Waals surface area contributed by atoms with Crippen LogP contribution in [0.2, 0.25) is 5.02 Å². The molecule has 0 bridgehead atoms. The summed E-state index contributed by atoms with van der Waals surface area (Å²) in [5, 5.41) is 0.842. The summed E-state index contributed by atoms with van der Waals surface area (Å²) >= 11 is 6.25. The van der Waals surface area contributed by atoms with Crippen LogP contribution < -0.4 is 10.2 Å². The summed E-state index contributed by atoms with van der Waals surface area (Å²) in [7, 11) is 1.57. The van der Waals surface area contributed by atoms with E-state index >= 15 is 0 Å². The molecule has 0 fully saturated rings. The number of rotatable bonds is 6. The van der Waals surface area contributed by atoms with Gasteiger partial charge in [0, 0.05) is 18.7 Å². The summed E-state index contributed by atoms with van der Waals surface area (Å²) in [6, 6.07) is 10.1. The molecule has 1 atom stereocenters. The first kappa shape index (κ1) is 20.4. The molecule has 2 aromatic carbocycles. The van der Waals surface area contributed by atoms with Gasteiger partial charge in [0.15, 0.2) is 5.43 Å². The predicted octanol–water partition coefficient (Wildman–Crippen LogP) is 4.35. The molecule has 0 saturated heterocycles. The van der Waals surface area contributed by atoms with Gasteiger partial charge in [0.25, 0.3) is 5.91 Å². The monoisotopic (exact) mass is 427 g/mol. The number of hydrogen-bond acceptors (Lipinski definition) is 5. The molecule has 156 valence electrons. The number of amides is 1. The Morgan fingerprint density at radius 1 is 1.17 bits per heavy atom. The zero-order chi connectivity index (χ0) is 21.4. The molecule has 1 unspecified atom stereocenters. The van der Waals surface area contributed by atoms with Crippen molar-refractivity contribution in [3.05, 3.63) is 74.1 Å². The molecule has 1 amide bonds. The maximum absolute atomic E-state index is 13.4. The number of carbonyl (C=O) groups excluding carboxylic acids is 1. The van der Waals surface area contributed by atoms with Gasteiger partial charge in [-0.3, -0.25) is 9.59 Å². The minimum absolute atomic E-state index is 0.0733. The van der Waals surface area contributed by atoms with E-state index in [0.717, 1.165) is 16.9 Å². The van der Waals surface area contributed by atoms with Crippen LogP contribution in [0.3, 0.4) is 0 Å². The third-order valence-corrected chi connectivity index (χ3v) is 5.70. The zero-order valence-electron chi connectivity index (χ0n) is 17.0. The normalized spacial score (nSPS) is 15.7. The van der Waals surface area contributed by atoms with E-state index < -0.39 is 6.04 Å². The van der Waals surface area contributed by atoms with Gasteiger partial charge < -0.3 is 18.8 Å². The van der Waals surface area contributed by atoms with Crippen molar-refractivity contribution in [2.75, 3.05) is 26.9 Å². The molecule has 7 heteroatoms. The van der Waals surface area contributed by atoms with Crippen molar-refractivity contribution in [3.8, 4) is 5.75 Å². The summed E-state index contributed by atoms with van der Waals surface area (Å²) in [6.07, 6.45) is 0. The number of halogens is 1. The standard InChI is InChI=1S/C23H22ClNO5/c1-4-29-15-7-5-14(6-8-15)20-19-21(26)16-12-17(24)13(2)11-18(16)30-22(19)23(27)25(20)9-10-28-3/h5-8,11-12,20H,4,9-10H2,1-3H3. The Labute approximate surface area is 179 Å². The minimum atomic E-state index is -0.570. The van der Waals surface area contributed by atoms with Gasteiger partial charge in [-0.2, -0.15) is 0 Å². The lowest BCUT2D eigenvalue weighted by Gasteiger charge is -2.25. The molecule has 1 aliphatic heterocycles. The van der Waals surface area contributed by atoms with E-state index in [1.54, 1.807) is 24.1 Å². The molecule has 2 heterocycles. The van der Waals surface area contributed by atoms with E-state index in [2.05, 4.69) is 0 Å². The van der Waals surface area contributed by atoms with E-state index in [0.29, 0.717) is 41.3 Å². The summed E-state index contributed by atoms with van der Waals surface area (Å²) in [6.45, 7) is 4.96. The summed E-state index contributed by atoms with van der Waals surface area (Å²) in [4.78, 5) is 28.3. The van der Waals surface area contributed by atoms with Gasteiger partial charge in [-0.05, 0) is 49.2 Å². The van der Waals surface area contributed by atoms with Gasteiger partial charge in [-0.15, -0.1) is 0 Å². The van der Waals surface area contributed by atoms with E-state index in [1.165, 1.54) is 0 Å². The lowest BCUT2D eigenvalue weighted by atomic mass is 9.98. The van der Waals surface area contributed by atoms with Crippen molar-refractivity contribution in [2.45, 2.75) is 19.9 Å². The Balaban J connectivity index is 1.91. The van der Waals surface area contributed by atoms with Crippen LogP contribution in [0.4, 0.5) is 0 Å². The smallest absolute Gasteiger partial charge is 0.290 e. The van der Waals surface area contributed by atoms with Crippen LogP contribution in [0, 0.1) is 6.92 Å². The van der Waals surface area contributed by atoms with E-state index in [1.807, 2.05) is 38.1 Å². The average molecular weight is 428 g/mol. The molecule has 0 aliphatic carbocycles. The molecule has 0 saturated carbocycles. The van der Waals surface area contributed by atoms with Crippen LogP contribution in [0.1, 0.15) is 40.2 Å². The molecule has 6 nitrogen and oxygen atoms in total. The Bertz CT molecular complexity index is 1170. The van der Waals surface area contributed by atoms with Crippen molar-refractivity contribution in [3.63, 3.8) is 0 Å². The second-order valence-electron chi connectivity index (χ2n) is 7.17. The zero-order valence-corrected chi connectivity index (χ0v) is 17.8. The average Bonchev–Trinajstić information content (AvgIpc) is 3.01. The highest BCUT2D eigenvalue weighted by Crippen LogP contribution is 2.39. The van der Waals surface area contributed by atoms with Crippen molar-refractivity contribution < 1.29 is 18.7 Å². The fourth-order valence-corrected chi connectivity index (χ4v) is 3.98. The fourth-order valence-electron chi connectivity index (χ4n) is 3.82. The second-order valence-corrected chi connectivity index (χ2v) is 7.57. The van der Waals surface area contributed by atoms with Crippen LogP contribution in [0.5, 0.6) is 5.75 Å². The highest BCUT2D eigenvalue weighted by atomic mass is 35.5. The first-order valence-corrected chi connectivity index (χ1v) is 10.1. The number of fused-ring (bicyclic) bond motifs is 2. The van der Waals surface area contributed by atoms with Gasteiger partial charge in [-0.25, -0.2) is 0 Å². The molecule has 1 aromatic heterocycles. The van der Waals surface area contributed by atoms with E-state index in [-0.39, 0.29) is 17.1 Å². The second kappa shape index (κ2) is 8.13. The van der Waals surface area contributed by atoms with Crippen molar-refractivity contribution >= 4 is 28.5 Å². The van der Waals surface area contributed by atoms with Gasteiger partial charge in [0.05, 0.1) is 30.2 Å². The van der Waals surface area contributed by atoms with Crippen LogP contribution >= 0.6 is 11.6 Å². The summed E-state index contributed by atoms with van der Waals surface area (Å²) < 4.78 is 16.6. The number of carbonyl (C=O) groups is 1. The van der Waals surface area contributed by atoms with E-state index in [9.17, 15) is 9.59 Å². The summed E-state index contributed by atoms with van der Waals surface area (Å²) in [5.41, 5.74) is 2.00. The molecule has 30 heavy (non-hydrogen) atoms. The Morgan fingerprint density at radius 2 is 1.90 bits per heavy atom. The molecular weight excluding hydrogens is 406 g/mol. The number of benzene rings is 2. The molecule has 0 N–H and O–H groups in total. The molecular formula is C23H22ClNO5. The van der Waals surface area contributed by atoms with Crippen molar-refractivity contribution in [1.29, 1.82) is 0 Å². The number of aryl methyl sites for hydroxylation is 1. The SMILES string of the molecule is CCOc1ccc(C2c3c(oc4cc(C)c(Cl)cc4c3=O)C(=O)N2CCOC)cc1. The number of nitrogens with zero attached hydrogens (tertiary/aromatic N) is 1. The molecule has 0 spiro atoms. The fraction of sp³-hybridized carbons (Fsp3) is 0.304.